The van der Waals surface area contributed by atoms with Gasteiger partial charge in [0, 0.05) is 58.8 Å². The first-order chi connectivity index (χ1) is 15.0. The van der Waals surface area contributed by atoms with Crippen molar-refractivity contribution in [3.63, 3.8) is 0 Å². The molecule has 0 aliphatic carbocycles. The first kappa shape index (κ1) is 22.8. The highest BCUT2D eigenvalue weighted by molar-refractivity contribution is 5.81. The molecule has 1 fully saturated rings. The summed E-state index contributed by atoms with van der Waals surface area (Å²) in [5.74, 6) is 0.882. The molecule has 2 aromatic rings. The van der Waals surface area contributed by atoms with E-state index in [1.165, 1.54) is 5.56 Å². The van der Waals surface area contributed by atoms with Crippen molar-refractivity contribution in [3.05, 3.63) is 71.8 Å². The Hall–Kier alpha value is -2.86. The summed E-state index contributed by atoms with van der Waals surface area (Å²) in [6, 6.07) is 21.5. The summed E-state index contributed by atoms with van der Waals surface area (Å²) >= 11 is 0. The highest BCUT2D eigenvalue weighted by Gasteiger charge is 2.29. The summed E-state index contributed by atoms with van der Waals surface area (Å²) in [7, 11) is 3.63. The van der Waals surface area contributed by atoms with Gasteiger partial charge < -0.3 is 15.5 Å². The Bertz CT molecular complexity index is 840. The van der Waals surface area contributed by atoms with E-state index in [0.29, 0.717) is 31.6 Å². The summed E-state index contributed by atoms with van der Waals surface area (Å²) in [4.78, 5) is 21.1. The molecule has 31 heavy (non-hydrogen) atoms. The van der Waals surface area contributed by atoms with Crippen LogP contribution in [0, 0.1) is 0 Å². The zero-order valence-corrected chi connectivity index (χ0v) is 18.9. The van der Waals surface area contributed by atoms with E-state index in [1.807, 2.05) is 37.4 Å². The molecular weight excluding hydrogens is 386 g/mol. The number of nitrogens with zero attached hydrogens (tertiary/aromatic N) is 3. The molecule has 1 heterocycles. The molecule has 2 unspecified atom stereocenters. The Labute approximate surface area is 186 Å². The smallest absolute Gasteiger partial charge is 0.224 e. The number of carbonyl (C=O) groups is 1. The van der Waals surface area contributed by atoms with E-state index in [9.17, 15) is 4.79 Å². The number of carbonyl (C=O) groups excluding carboxylic acids is 1. The van der Waals surface area contributed by atoms with E-state index in [2.05, 4.69) is 57.8 Å². The van der Waals surface area contributed by atoms with Crippen molar-refractivity contribution in [1.82, 2.24) is 20.4 Å². The monoisotopic (exact) mass is 421 g/mol. The van der Waals surface area contributed by atoms with Crippen molar-refractivity contribution in [2.24, 2.45) is 4.99 Å². The van der Waals surface area contributed by atoms with Crippen LogP contribution in [0.4, 0.5) is 0 Å². The topological polar surface area (TPSA) is 60.0 Å². The number of benzene rings is 2. The molecule has 2 N–H and O–H groups in total. The number of aliphatic imine (C=N–C) groups is 1. The van der Waals surface area contributed by atoms with Crippen LogP contribution in [-0.2, 0) is 17.9 Å². The number of guanidine groups is 1. The molecule has 1 aliphatic heterocycles. The van der Waals surface area contributed by atoms with E-state index in [1.54, 1.807) is 11.9 Å². The Morgan fingerprint density at radius 1 is 1.10 bits per heavy atom. The lowest BCUT2D eigenvalue weighted by Gasteiger charge is -2.21. The molecule has 1 saturated heterocycles. The highest BCUT2D eigenvalue weighted by atomic mass is 16.2. The van der Waals surface area contributed by atoms with Gasteiger partial charge in [0.25, 0.3) is 0 Å². The first-order valence-corrected chi connectivity index (χ1v) is 11.1. The summed E-state index contributed by atoms with van der Waals surface area (Å²) in [5.41, 5.74) is 2.48. The zero-order valence-electron chi connectivity index (χ0n) is 18.9. The predicted molar refractivity (Wildman–Crippen MR) is 127 cm³/mol. The Kier molecular flexibility index (Phi) is 8.47. The van der Waals surface area contributed by atoms with Gasteiger partial charge in [0.2, 0.25) is 5.91 Å². The lowest BCUT2D eigenvalue weighted by atomic mass is 10.2. The van der Waals surface area contributed by atoms with Crippen LogP contribution in [0.2, 0.25) is 0 Å². The summed E-state index contributed by atoms with van der Waals surface area (Å²) in [6.07, 6.45) is 1.51. The quantitative estimate of drug-likeness (QED) is 0.508. The van der Waals surface area contributed by atoms with Crippen LogP contribution in [-0.4, -0.2) is 60.9 Å². The second-order valence-corrected chi connectivity index (χ2v) is 8.33. The number of hydrogen-bond donors (Lipinski definition) is 2. The van der Waals surface area contributed by atoms with Gasteiger partial charge in [-0.25, -0.2) is 0 Å². The molecule has 166 valence electrons. The maximum Gasteiger partial charge on any atom is 0.224 e. The van der Waals surface area contributed by atoms with E-state index in [0.717, 1.165) is 31.0 Å². The minimum atomic E-state index is 0.121. The standard InChI is InChI=1S/C25H35N5O/c1-20-16-23(19-30(20)18-22-12-8-5-9-13-22)28-25(26-2)27-15-14-24(31)29(3)17-21-10-6-4-7-11-21/h4-13,20,23H,14-19H2,1-3H3,(H2,26,27,28). The Morgan fingerprint density at radius 2 is 1.74 bits per heavy atom. The van der Waals surface area contributed by atoms with Crippen LogP contribution in [0.5, 0.6) is 0 Å². The highest BCUT2D eigenvalue weighted by Crippen LogP contribution is 2.20. The van der Waals surface area contributed by atoms with Crippen LogP contribution in [0.25, 0.3) is 0 Å². The van der Waals surface area contributed by atoms with Gasteiger partial charge in [0.15, 0.2) is 5.96 Å². The van der Waals surface area contributed by atoms with Gasteiger partial charge in [-0.3, -0.25) is 14.7 Å². The number of amides is 1. The van der Waals surface area contributed by atoms with Crippen molar-refractivity contribution in [1.29, 1.82) is 0 Å². The number of likely N-dealkylation sites (tertiary alicyclic amines) is 1. The van der Waals surface area contributed by atoms with Crippen LogP contribution in [0.15, 0.2) is 65.7 Å². The fourth-order valence-corrected chi connectivity index (χ4v) is 4.05. The summed E-state index contributed by atoms with van der Waals surface area (Å²) in [6.45, 7) is 5.42. The van der Waals surface area contributed by atoms with Crippen molar-refractivity contribution >= 4 is 11.9 Å². The third kappa shape index (κ3) is 7.10. The largest absolute Gasteiger partial charge is 0.356 e. The van der Waals surface area contributed by atoms with Crippen molar-refractivity contribution in [3.8, 4) is 0 Å². The van der Waals surface area contributed by atoms with Gasteiger partial charge in [-0.1, -0.05) is 60.7 Å². The number of hydrogen-bond acceptors (Lipinski definition) is 3. The van der Waals surface area contributed by atoms with Gasteiger partial charge in [-0.05, 0) is 24.5 Å². The van der Waals surface area contributed by atoms with Gasteiger partial charge in [-0.2, -0.15) is 0 Å². The molecule has 0 bridgehead atoms. The molecule has 0 radical (unpaired) electrons. The number of rotatable bonds is 8. The SMILES string of the molecule is CN=C(NCCC(=O)N(C)Cc1ccccc1)NC1CC(C)N(Cc2ccccc2)C1. The minimum Gasteiger partial charge on any atom is -0.356 e. The van der Waals surface area contributed by atoms with Crippen molar-refractivity contribution < 1.29 is 4.79 Å². The second kappa shape index (κ2) is 11.5. The maximum absolute atomic E-state index is 12.4. The molecule has 6 heteroatoms. The molecular formula is C25H35N5O. The lowest BCUT2D eigenvalue weighted by Crippen LogP contribution is -2.45. The molecule has 0 spiro atoms. The molecule has 2 atom stereocenters. The molecule has 0 saturated carbocycles. The molecule has 1 amide bonds. The minimum absolute atomic E-state index is 0.121. The van der Waals surface area contributed by atoms with Gasteiger partial charge in [-0.15, -0.1) is 0 Å². The van der Waals surface area contributed by atoms with Gasteiger partial charge in [0.05, 0.1) is 0 Å². The lowest BCUT2D eigenvalue weighted by molar-refractivity contribution is -0.130. The zero-order chi connectivity index (χ0) is 22.1. The third-order valence-corrected chi connectivity index (χ3v) is 5.82. The average molecular weight is 422 g/mol. The van der Waals surface area contributed by atoms with E-state index in [4.69, 9.17) is 0 Å². The predicted octanol–water partition coefficient (Wildman–Crippen LogP) is 2.86. The van der Waals surface area contributed by atoms with Crippen LogP contribution >= 0.6 is 0 Å². The molecule has 6 nitrogen and oxygen atoms in total. The van der Waals surface area contributed by atoms with Crippen molar-refractivity contribution in [2.45, 2.75) is 44.9 Å². The fourth-order valence-electron chi connectivity index (χ4n) is 4.05. The Balaban J connectivity index is 1.40. The first-order valence-electron chi connectivity index (χ1n) is 11.1. The molecule has 1 aliphatic rings. The van der Waals surface area contributed by atoms with E-state index in [-0.39, 0.29) is 5.91 Å². The van der Waals surface area contributed by atoms with Gasteiger partial charge in [0.1, 0.15) is 0 Å². The van der Waals surface area contributed by atoms with Crippen LogP contribution < -0.4 is 10.6 Å². The fraction of sp³-hybridized carbons (Fsp3) is 0.440. The maximum atomic E-state index is 12.4. The van der Waals surface area contributed by atoms with Gasteiger partial charge >= 0.3 is 0 Å². The molecule has 3 rings (SSSR count). The normalized spacial score (nSPS) is 19.3. The average Bonchev–Trinajstić information content (AvgIpc) is 3.12. The third-order valence-electron chi connectivity index (χ3n) is 5.82. The van der Waals surface area contributed by atoms with Crippen LogP contribution in [0.1, 0.15) is 30.9 Å². The molecule has 2 aromatic carbocycles. The summed E-state index contributed by atoms with van der Waals surface area (Å²) < 4.78 is 0. The van der Waals surface area contributed by atoms with E-state index < -0.39 is 0 Å². The molecule has 0 aromatic heterocycles. The van der Waals surface area contributed by atoms with Crippen LogP contribution in [0.3, 0.4) is 0 Å². The second-order valence-electron chi connectivity index (χ2n) is 8.33. The Morgan fingerprint density at radius 3 is 2.39 bits per heavy atom. The number of nitrogens with one attached hydrogen (secondary N) is 2. The van der Waals surface area contributed by atoms with E-state index >= 15 is 0 Å². The van der Waals surface area contributed by atoms with Crippen molar-refractivity contribution in [2.75, 3.05) is 27.2 Å². The summed E-state index contributed by atoms with van der Waals surface area (Å²) in [5, 5.41) is 6.83.